The van der Waals surface area contributed by atoms with Crippen LogP contribution in [0.3, 0.4) is 0 Å². The monoisotopic (exact) mass is 441 g/mol. The Balaban J connectivity index is 1.86. The van der Waals surface area contributed by atoms with E-state index in [2.05, 4.69) is 24.1 Å². The smallest absolute Gasteiger partial charge is 0.139 e. The molecule has 3 aromatic heterocycles. The van der Waals surface area contributed by atoms with Crippen LogP contribution in [-0.2, 0) is 6.42 Å². The number of aliphatic hydroxyl groups excluding tert-OH is 2. The lowest BCUT2D eigenvalue weighted by molar-refractivity contribution is 0.103. The Morgan fingerprint density at radius 1 is 1.29 bits per heavy atom. The lowest BCUT2D eigenvalue weighted by Crippen LogP contribution is -2.32. The van der Waals surface area contributed by atoms with Gasteiger partial charge < -0.3 is 20.4 Å². The van der Waals surface area contributed by atoms with Crippen molar-refractivity contribution in [3.05, 3.63) is 29.6 Å². The Morgan fingerprint density at radius 3 is 2.68 bits per heavy atom. The number of hydrogen-bond donors (Lipinski definition) is 3. The molecule has 1 aliphatic rings. The average Bonchev–Trinajstić information content (AvgIpc) is 3.29. The lowest BCUT2D eigenvalue weighted by Gasteiger charge is -2.25. The highest BCUT2D eigenvalue weighted by Gasteiger charge is 2.40. The van der Waals surface area contributed by atoms with Crippen LogP contribution in [0.15, 0.2) is 18.5 Å². The molecule has 4 unspecified atom stereocenters. The van der Waals surface area contributed by atoms with E-state index in [1.54, 1.807) is 23.7 Å². The third-order valence-corrected chi connectivity index (χ3v) is 7.59. The molecule has 1 aliphatic carbocycles. The van der Waals surface area contributed by atoms with Crippen molar-refractivity contribution >= 4 is 33.2 Å². The Morgan fingerprint density at radius 2 is 2.06 bits per heavy atom. The van der Waals surface area contributed by atoms with Crippen LogP contribution in [0, 0.1) is 18.8 Å². The molecule has 3 aromatic rings. The maximum atomic E-state index is 10.8. The van der Waals surface area contributed by atoms with Crippen molar-refractivity contribution in [2.45, 2.75) is 45.8 Å². The van der Waals surface area contributed by atoms with Gasteiger partial charge in [-0.05, 0) is 48.8 Å². The van der Waals surface area contributed by atoms with E-state index in [9.17, 15) is 10.2 Å². The second-order valence-corrected chi connectivity index (χ2v) is 9.68. The summed E-state index contributed by atoms with van der Waals surface area (Å²) in [4.78, 5) is 16.1. The van der Waals surface area contributed by atoms with E-state index in [0.717, 1.165) is 44.4 Å². The largest absolute Gasteiger partial charge is 0.396 e. The van der Waals surface area contributed by atoms with Crippen LogP contribution in [0.1, 0.15) is 31.4 Å². The van der Waals surface area contributed by atoms with Gasteiger partial charge in [-0.3, -0.25) is 4.98 Å². The van der Waals surface area contributed by atoms with Gasteiger partial charge >= 0.3 is 0 Å². The summed E-state index contributed by atoms with van der Waals surface area (Å²) in [5, 5.41) is 25.0. The molecule has 3 N–H and O–H groups in total. The van der Waals surface area contributed by atoms with E-state index in [0.29, 0.717) is 6.42 Å². The molecule has 31 heavy (non-hydrogen) atoms. The summed E-state index contributed by atoms with van der Waals surface area (Å²) < 4.78 is 1.08. The van der Waals surface area contributed by atoms with Crippen LogP contribution < -0.4 is 10.2 Å². The van der Waals surface area contributed by atoms with E-state index >= 15 is 0 Å². The van der Waals surface area contributed by atoms with Crippen molar-refractivity contribution in [2.24, 2.45) is 11.8 Å². The SMILES string of the molecule is CCc1c(N(C)C)nc(NC2CC(CO)C(C)C2O)c(-c2nc3cnccc3s2)c1C. The van der Waals surface area contributed by atoms with Gasteiger partial charge in [0.25, 0.3) is 0 Å². The van der Waals surface area contributed by atoms with Crippen LogP contribution in [0.5, 0.6) is 0 Å². The van der Waals surface area contributed by atoms with Gasteiger partial charge in [0.2, 0.25) is 0 Å². The number of rotatable bonds is 6. The van der Waals surface area contributed by atoms with Crippen molar-refractivity contribution in [3.8, 4) is 10.6 Å². The molecule has 0 aromatic carbocycles. The quantitative estimate of drug-likeness (QED) is 0.539. The highest BCUT2D eigenvalue weighted by atomic mass is 32.1. The molecule has 3 heterocycles. The maximum absolute atomic E-state index is 10.8. The Bertz CT molecular complexity index is 1050. The topological polar surface area (TPSA) is 94.4 Å². The van der Waals surface area contributed by atoms with Crippen LogP contribution in [-0.4, -0.2) is 58.0 Å². The highest BCUT2D eigenvalue weighted by Crippen LogP contribution is 2.41. The molecule has 4 atom stereocenters. The molecule has 0 radical (unpaired) electrons. The molecule has 8 heteroatoms. The second kappa shape index (κ2) is 8.68. The zero-order chi connectivity index (χ0) is 22.3. The summed E-state index contributed by atoms with van der Waals surface area (Å²) in [5.74, 6) is 1.77. The molecule has 1 saturated carbocycles. The summed E-state index contributed by atoms with van der Waals surface area (Å²) in [5.41, 5.74) is 4.19. The molecule has 0 bridgehead atoms. The van der Waals surface area contributed by atoms with Crippen molar-refractivity contribution in [1.29, 1.82) is 0 Å². The lowest BCUT2D eigenvalue weighted by atomic mass is 9.98. The summed E-state index contributed by atoms with van der Waals surface area (Å²) in [7, 11) is 4.00. The van der Waals surface area contributed by atoms with Crippen LogP contribution >= 0.6 is 11.3 Å². The maximum Gasteiger partial charge on any atom is 0.139 e. The number of aliphatic hydroxyl groups is 2. The molecule has 0 amide bonds. The molecule has 7 nitrogen and oxygen atoms in total. The van der Waals surface area contributed by atoms with Crippen molar-refractivity contribution in [3.63, 3.8) is 0 Å². The summed E-state index contributed by atoms with van der Waals surface area (Å²) in [6, 6.07) is 1.81. The third-order valence-electron chi connectivity index (χ3n) is 6.54. The predicted octanol–water partition coefficient (Wildman–Crippen LogP) is 3.48. The minimum atomic E-state index is -0.541. The summed E-state index contributed by atoms with van der Waals surface area (Å²) >= 11 is 1.63. The van der Waals surface area contributed by atoms with Crippen LogP contribution in [0.25, 0.3) is 20.8 Å². The fraction of sp³-hybridized carbons (Fsp3) is 0.522. The number of hydrogen-bond acceptors (Lipinski definition) is 8. The molecule has 4 rings (SSSR count). The van der Waals surface area contributed by atoms with Gasteiger partial charge in [-0.2, -0.15) is 0 Å². The van der Waals surface area contributed by atoms with E-state index in [4.69, 9.17) is 9.97 Å². The van der Waals surface area contributed by atoms with Gasteiger partial charge in [0.05, 0.1) is 28.6 Å². The molecular weight excluding hydrogens is 410 g/mol. The van der Waals surface area contributed by atoms with Gasteiger partial charge in [0.15, 0.2) is 0 Å². The molecule has 166 valence electrons. The van der Waals surface area contributed by atoms with Crippen molar-refractivity contribution in [2.75, 3.05) is 30.9 Å². The first-order valence-corrected chi connectivity index (χ1v) is 11.6. The van der Waals surface area contributed by atoms with Crippen molar-refractivity contribution < 1.29 is 10.2 Å². The van der Waals surface area contributed by atoms with E-state index < -0.39 is 6.10 Å². The van der Waals surface area contributed by atoms with E-state index in [1.807, 2.05) is 32.0 Å². The predicted molar refractivity (Wildman–Crippen MR) is 127 cm³/mol. The number of fused-ring (bicyclic) bond motifs is 1. The zero-order valence-electron chi connectivity index (χ0n) is 18.8. The van der Waals surface area contributed by atoms with Gasteiger partial charge in [0, 0.05) is 26.9 Å². The Hall–Kier alpha value is -2.29. The summed E-state index contributed by atoms with van der Waals surface area (Å²) in [6.45, 7) is 6.35. The number of aromatic nitrogens is 3. The zero-order valence-corrected chi connectivity index (χ0v) is 19.6. The molecule has 0 aliphatic heterocycles. The number of anilines is 2. The average molecular weight is 442 g/mol. The van der Waals surface area contributed by atoms with Gasteiger partial charge in [-0.1, -0.05) is 13.8 Å². The normalized spacial score (nSPS) is 23.5. The van der Waals surface area contributed by atoms with E-state index in [-0.39, 0.29) is 24.5 Å². The Kier molecular flexibility index (Phi) is 6.14. The molecular formula is C23H31N5O2S. The summed E-state index contributed by atoms with van der Waals surface area (Å²) in [6.07, 6.45) is 4.60. The first-order chi connectivity index (χ1) is 14.8. The standard InChI is InChI=1S/C23H31N5O2S/c1-6-15-13(3)19(23-26-17-10-24-8-7-18(17)31-23)21(27-22(15)28(4)5)25-16-9-14(11-29)12(2)20(16)30/h7-8,10,12,14,16,20,29-30H,6,9,11H2,1-5H3,(H,25,27). The minimum Gasteiger partial charge on any atom is -0.396 e. The number of pyridine rings is 2. The van der Waals surface area contributed by atoms with Crippen molar-refractivity contribution in [1.82, 2.24) is 15.0 Å². The fourth-order valence-electron chi connectivity index (χ4n) is 4.66. The molecule has 1 fully saturated rings. The van der Waals surface area contributed by atoms with Gasteiger partial charge in [-0.15, -0.1) is 11.3 Å². The number of nitrogens with one attached hydrogen (secondary N) is 1. The molecule has 0 saturated heterocycles. The Labute approximate surface area is 187 Å². The number of nitrogens with zero attached hydrogens (tertiary/aromatic N) is 4. The fourth-order valence-corrected chi connectivity index (χ4v) is 5.69. The first kappa shape index (κ1) is 21.9. The minimum absolute atomic E-state index is 0.0313. The van der Waals surface area contributed by atoms with Crippen LogP contribution in [0.4, 0.5) is 11.6 Å². The number of thiazole rings is 1. The highest BCUT2D eigenvalue weighted by molar-refractivity contribution is 7.21. The van der Waals surface area contributed by atoms with Gasteiger partial charge in [-0.25, -0.2) is 9.97 Å². The van der Waals surface area contributed by atoms with E-state index in [1.165, 1.54) is 5.56 Å². The third kappa shape index (κ3) is 3.88. The first-order valence-electron chi connectivity index (χ1n) is 10.8. The second-order valence-electron chi connectivity index (χ2n) is 8.65. The molecule has 0 spiro atoms. The van der Waals surface area contributed by atoms with Crippen LogP contribution in [0.2, 0.25) is 0 Å². The van der Waals surface area contributed by atoms with Gasteiger partial charge in [0.1, 0.15) is 22.2 Å².